The van der Waals surface area contributed by atoms with E-state index in [0.717, 1.165) is 24.3 Å². The van der Waals surface area contributed by atoms with Crippen molar-refractivity contribution in [3.05, 3.63) is 51.3 Å². The molecule has 1 amide bonds. The SMILES string of the molecule is CCCSc1nc(=O)c2c(n1C)NC(=O)C[C@@H]2c1ccc(F)cc1F. The van der Waals surface area contributed by atoms with E-state index in [1.165, 1.54) is 17.8 Å². The Morgan fingerprint density at radius 2 is 2.12 bits per heavy atom. The number of hydrogen-bond donors (Lipinski definition) is 1. The maximum absolute atomic E-state index is 14.2. The first-order chi connectivity index (χ1) is 11.9. The molecule has 25 heavy (non-hydrogen) atoms. The normalized spacial score (nSPS) is 16.5. The van der Waals surface area contributed by atoms with Gasteiger partial charge >= 0.3 is 0 Å². The maximum Gasteiger partial charge on any atom is 0.279 e. The molecule has 0 radical (unpaired) electrons. The van der Waals surface area contributed by atoms with E-state index in [0.29, 0.717) is 11.0 Å². The monoisotopic (exact) mass is 365 g/mol. The van der Waals surface area contributed by atoms with Crippen LogP contribution in [-0.2, 0) is 11.8 Å². The number of anilines is 1. The molecule has 1 aliphatic rings. The maximum atomic E-state index is 14.2. The third-order valence-electron chi connectivity index (χ3n) is 4.07. The largest absolute Gasteiger partial charge is 0.312 e. The summed E-state index contributed by atoms with van der Waals surface area (Å²) in [5.41, 5.74) is -0.153. The summed E-state index contributed by atoms with van der Waals surface area (Å²) in [6, 6.07) is 3.15. The van der Waals surface area contributed by atoms with Crippen molar-refractivity contribution in [2.75, 3.05) is 11.1 Å². The van der Waals surface area contributed by atoms with Crippen molar-refractivity contribution in [1.29, 1.82) is 0 Å². The molecule has 0 bridgehead atoms. The summed E-state index contributed by atoms with van der Waals surface area (Å²) >= 11 is 1.41. The average molecular weight is 365 g/mol. The van der Waals surface area contributed by atoms with Crippen LogP contribution >= 0.6 is 11.8 Å². The van der Waals surface area contributed by atoms with Crippen molar-refractivity contribution < 1.29 is 13.6 Å². The number of thioether (sulfide) groups is 1. The summed E-state index contributed by atoms with van der Waals surface area (Å²) in [5, 5.41) is 3.18. The third-order valence-corrected chi connectivity index (χ3v) is 5.31. The van der Waals surface area contributed by atoms with E-state index in [4.69, 9.17) is 0 Å². The molecule has 0 saturated carbocycles. The van der Waals surface area contributed by atoms with Gasteiger partial charge in [0.25, 0.3) is 5.56 Å². The Balaban J connectivity index is 2.16. The summed E-state index contributed by atoms with van der Waals surface area (Å²) in [4.78, 5) is 28.8. The number of halogens is 2. The molecular weight excluding hydrogens is 348 g/mol. The number of aromatic nitrogens is 2. The molecule has 0 spiro atoms. The van der Waals surface area contributed by atoms with E-state index in [1.807, 2.05) is 6.92 Å². The Hall–Kier alpha value is -2.22. The zero-order valence-electron chi connectivity index (χ0n) is 13.8. The van der Waals surface area contributed by atoms with E-state index in [9.17, 15) is 18.4 Å². The highest BCUT2D eigenvalue weighted by atomic mass is 32.2. The van der Waals surface area contributed by atoms with Crippen LogP contribution in [0, 0.1) is 11.6 Å². The van der Waals surface area contributed by atoms with E-state index < -0.39 is 23.1 Å². The van der Waals surface area contributed by atoms with Gasteiger partial charge in [-0.25, -0.2) is 8.78 Å². The van der Waals surface area contributed by atoms with Crippen LogP contribution in [0.2, 0.25) is 0 Å². The number of carbonyl (C=O) groups excluding carboxylic acids is 1. The van der Waals surface area contributed by atoms with Crippen molar-refractivity contribution in [3.63, 3.8) is 0 Å². The van der Waals surface area contributed by atoms with Gasteiger partial charge in [0, 0.05) is 31.2 Å². The van der Waals surface area contributed by atoms with Gasteiger partial charge in [-0.3, -0.25) is 9.59 Å². The Bertz CT molecular complexity index is 898. The van der Waals surface area contributed by atoms with Gasteiger partial charge in [0.15, 0.2) is 5.16 Å². The molecule has 1 N–H and O–H groups in total. The molecular formula is C17H17F2N3O2S. The highest BCUT2D eigenvalue weighted by Gasteiger charge is 2.33. The van der Waals surface area contributed by atoms with Gasteiger partial charge < -0.3 is 9.88 Å². The van der Waals surface area contributed by atoms with Crippen molar-refractivity contribution in [2.45, 2.75) is 30.8 Å². The summed E-state index contributed by atoms with van der Waals surface area (Å²) in [6.07, 6.45) is 0.821. The van der Waals surface area contributed by atoms with Gasteiger partial charge in [-0.15, -0.1) is 0 Å². The van der Waals surface area contributed by atoms with Crippen LogP contribution < -0.4 is 10.9 Å². The second-order valence-electron chi connectivity index (χ2n) is 5.84. The number of nitrogens with one attached hydrogen (secondary N) is 1. The molecule has 132 valence electrons. The zero-order chi connectivity index (χ0) is 18.1. The molecule has 2 aromatic rings. The first-order valence-electron chi connectivity index (χ1n) is 7.90. The fraction of sp³-hybridized carbons (Fsp3) is 0.353. The molecule has 1 atom stereocenters. The zero-order valence-corrected chi connectivity index (χ0v) is 14.6. The lowest BCUT2D eigenvalue weighted by atomic mass is 9.86. The van der Waals surface area contributed by atoms with Gasteiger partial charge in [0.1, 0.15) is 17.5 Å². The number of carbonyl (C=O) groups is 1. The Morgan fingerprint density at radius 3 is 2.80 bits per heavy atom. The van der Waals surface area contributed by atoms with E-state index in [2.05, 4.69) is 10.3 Å². The van der Waals surface area contributed by atoms with E-state index in [-0.39, 0.29) is 23.5 Å². The molecule has 0 unspecified atom stereocenters. The van der Waals surface area contributed by atoms with Gasteiger partial charge in [-0.2, -0.15) is 4.98 Å². The molecule has 1 aliphatic heterocycles. The van der Waals surface area contributed by atoms with Crippen LogP contribution in [0.3, 0.4) is 0 Å². The topological polar surface area (TPSA) is 64.0 Å². The number of amides is 1. The fourth-order valence-electron chi connectivity index (χ4n) is 2.91. The van der Waals surface area contributed by atoms with Crippen molar-refractivity contribution >= 4 is 23.5 Å². The van der Waals surface area contributed by atoms with E-state index >= 15 is 0 Å². The molecule has 0 fully saturated rings. The number of benzene rings is 1. The number of hydrogen-bond acceptors (Lipinski definition) is 4. The molecule has 1 aromatic carbocycles. The highest BCUT2D eigenvalue weighted by molar-refractivity contribution is 7.99. The standard InChI is InChI=1S/C17H17F2N3O2S/c1-3-6-25-17-21-16(24)14-11(8-13(23)20-15(14)22(17)2)10-5-4-9(18)7-12(10)19/h4-5,7,11H,3,6,8H2,1-2H3,(H,20,23)/t11-/m1/s1. The van der Waals surface area contributed by atoms with Crippen LogP contribution in [0.15, 0.2) is 28.2 Å². The van der Waals surface area contributed by atoms with E-state index in [1.54, 1.807) is 11.6 Å². The lowest BCUT2D eigenvalue weighted by Gasteiger charge is -2.27. The lowest BCUT2D eigenvalue weighted by Crippen LogP contribution is -2.33. The highest BCUT2D eigenvalue weighted by Crippen LogP contribution is 2.36. The smallest absolute Gasteiger partial charge is 0.279 e. The van der Waals surface area contributed by atoms with Crippen LogP contribution in [0.25, 0.3) is 0 Å². The van der Waals surface area contributed by atoms with Crippen LogP contribution in [0.4, 0.5) is 14.6 Å². The van der Waals surface area contributed by atoms with Gasteiger partial charge in [-0.05, 0) is 18.1 Å². The molecule has 0 aliphatic carbocycles. The van der Waals surface area contributed by atoms with Crippen molar-refractivity contribution in [2.24, 2.45) is 7.05 Å². The predicted molar refractivity (Wildman–Crippen MR) is 91.9 cm³/mol. The summed E-state index contributed by atoms with van der Waals surface area (Å²) < 4.78 is 29.1. The van der Waals surface area contributed by atoms with Crippen LogP contribution in [0.1, 0.15) is 36.8 Å². The summed E-state index contributed by atoms with van der Waals surface area (Å²) in [5.74, 6) is -1.50. The second-order valence-corrected chi connectivity index (χ2v) is 6.90. The lowest BCUT2D eigenvalue weighted by molar-refractivity contribution is -0.116. The number of nitrogens with zero attached hydrogens (tertiary/aromatic N) is 2. The average Bonchev–Trinajstić information content (AvgIpc) is 2.56. The quantitative estimate of drug-likeness (QED) is 0.668. The predicted octanol–water partition coefficient (Wildman–Crippen LogP) is 3.03. The van der Waals surface area contributed by atoms with Gasteiger partial charge in [0.2, 0.25) is 5.91 Å². The number of rotatable bonds is 4. The number of fused-ring (bicyclic) bond motifs is 1. The molecule has 3 rings (SSSR count). The van der Waals surface area contributed by atoms with Gasteiger partial charge in [-0.1, -0.05) is 24.8 Å². The summed E-state index contributed by atoms with van der Waals surface area (Å²) in [7, 11) is 1.70. The molecule has 2 heterocycles. The Kier molecular flexibility index (Phi) is 4.89. The third kappa shape index (κ3) is 3.30. The van der Waals surface area contributed by atoms with Gasteiger partial charge in [0.05, 0.1) is 5.56 Å². The van der Waals surface area contributed by atoms with Crippen LogP contribution in [-0.4, -0.2) is 21.2 Å². The Labute approximate surface area is 147 Å². The fourth-order valence-corrected chi connectivity index (χ4v) is 3.73. The van der Waals surface area contributed by atoms with Crippen molar-refractivity contribution in [1.82, 2.24) is 9.55 Å². The first-order valence-corrected chi connectivity index (χ1v) is 8.89. The van der Waals surface area contributed by atoms with Crippen molar-refractivity contribution in [3.8, 4) is 0 Å². The minimum Gasteiger partial charge on any atom is -0.312 e. The minimum atomic E-state index is -0.791. The molecule has 5 nitrogen and oxygen atoms in total. The Morgan fingerprint density at radius 1 is 1.36 bits per heavy atom. The minimum absolute atomic E-state index is 0.0894. The summed E-state index contributed by atoms with van der Waals surface area (Å²) in [6.45, 7) is 2.01. The molecule has 0 saturated heterocycles. The first kappa shape index (κ1) is 17.6. The second kappa shape index (κ2) is 6.95. The van der Waals surface area contributed by atoms with Crippen LogP contribution in [0.5, 0.6) is 0 Å². The molecule has 8 heteroatoms. The molecule has 1 aromatic heterocycles.